The van der Waals surface area contributed by atoms with Crippen molar-refractivity contribution < 1.29 is 9.53 Å². The molecule has 0 spiro atoms. The minimum atomic E-state index is -0.491. The lowest BCUT2D eigenvalue weighted by molar-refractivity contribution is 0.0216. The van der Waals surface area contributed by atoms with Crippen LogP contribution in [0.25, 0.3) is 0 Å². The molecule has 31 heavy (non-hydrogen) atoms. The van der Waals surface area contributed by atoms with E-state index in [1.165, 1.54) is 11.1 Å². The summed E-state index contributed by atoms with van der Waals surface area (Å²) in [5, 5.41) is 0. The first-order valence-electron chi connectivity index (χ1n) is 11.5. The maximum Gasteiger partial charge on any atom is 0.410 e. The molecule has 2 rings (SSSR count). The van der Waals surface area contributed by atoms with Crippen molar-refractivity contribution in [2.75, 3.05) is 13.1 Å². The zero-order valence-corrected chi connectivity index (χ0v) is 19.6. The van der Waals surface area contributed by atoms with E-state index in [1.54, 1.807) is 0 Å². The number of amides is 1. The molecule has 0 bridgehead atoms. The highest BCUT2D eigenvalue weighted by Gasteiger charge is 2.24. The Kier molecular flexibility index (Phi) is 10.6. The molecule has 0 N–H and O–H groups in total. The van der Waals surface area contributed by atoms with Crippen LogP contribution in [-0.4, -0.2) is 29.7 Å². The molecule has 2 aromatic rings. The van der Waals surface area contributed by atoms with Crippen molar-refractivity contribution in [2.24, 2.45) is 5.92 Å². The van der Waals surface area contributed by atoms with Crippen molar-refractivity contribution in [3.05, 3.63) is 85.1 Å². The first-order chi connectivity index (χ1) is 14.9. The molecular weight excluding hydrogens is 382 g/mol. The van der Waals surface area contributed by atoms with Gasteiger partial charge in [0, 0.05) is 13.1 Å². The molecule has 2 radical (unpaired) electrons. The second-order valence-corrected chi connectivity index (χ2v) is 9.21. The molecule has 0 aliphatic heterocycles. The smallest absolute Gasteiger partial charge is 0.410 e. The van der Waals surface area contributed by atoms with Gasteiger partial charge in [-0.3, -0.25) is 0 Å². The van der Waals surface area contributed by atoms with E-state index in [4.69, 9.17) is 4.74 Å². The Morgan fingerprint density at radius 1 is 0.968 bits per heavy atom. The van der Waals surface area contributed by atoms with Crippen LogP contribution in [0.15, 0.2) is 60.7 Å². The van der Waals surface area contributed by atoms with Crippen molar-refractivity contribution >= 4 is 6.09 Å². The quantitative estimate of drug-likeness (QED) is 0.348. The molecule has 0 saturated carbocycles. The van der Waals surface area contributed by atoms with Gasteiger partial charge in [0.1, 0.15) is 5.60 Å². The van der Waals surface area contributed by atoms with Gasteiger partial charge in [0.2, 0.25) is 0 Å². The number of unbranched alkanes of at least 4 members (excludes halogenated alkanes) is 2. The Morgan fingerprint density at radius 3 is 1.94 bits per heavy atom. The standard InChI is InChI=1S/C28H39NO2/c1-5-6-13-22-29(27(30)31-28(2,3)4)23-26(20-18-24-14-9-7-10-15-24)21-19-25-16-11-8-12-17-25/h6-12,14-17,26H,1,5,13,18-23H2,2-4H3. The molecule has 0 unspecified atom stereocenters. The molecule has 0 fully saturated rings. The zero-order valence-electron chi connectivity index (χ0n) is 19.6. The lowest BCUT2D eigenvalue weighted by Crippen LogP contribution is -2.40. The van der Waals surface area contributed by atoms with Crippen LogP contribution < -0.4 is 0 Å². The number of carbonyl (C=O) groups excluding carboxylic acids is 1. The summed E-state index contributed by atoms with van der Waals surface area (Å²) in [5.74, 6) is 0.410. The van der Waals surface area contributed by atoms with E-state index in [0.29, 0.717) is 12.5 Å². The summed E-state index contributed by atoms with van der Waals surface area (Å²) < 4.78 is 5.71. The minimum Gasteiger partial charge on any atom is -0.444 e. The van der Waals surface area contributed by atoms with Crippen molar-refractivity contribution in [3.8, 4) is 0 Å². The number of benzene rings is 2. The Labute approximate surface area is 189 Å². The Morgan fingerprint density at radius 2 is 1.48 bits per heavy atom. The lowest BCUT2D eigenvalue weighted by Gasteiger charge is -2.30. The van der Waals surface area contributed by atoms with Gasteiger partial charge in [-0.25, -0.2) is 4.79 Å². The first kappa shape index (κ1) is 25.0. The third kappa shape index (κ3) is 10.5. The van der Waals surface area contributed by atoms with Crippen LogP contribution in [0.1, 0.15) is 57.6 Å². The van der Waals surface area contributed by atoms with Crippen molar-refractivity contribution in [3.63, 3.8) is 0 Å². The molecule has 0 aromatic heterocycles. The second kappa shape index (κ2) is 13.2. The van der Waals surface area contributed by atoms with Gasteiger partial charge < -0.3 is 9.64 Å². The molecular formula is C28H39NO2. The highest BCUT2D eigenvalue weighted by molar-refractivity contribution is 5.68. The van der Waals surface area contributed by atoms with Crippen LogP contribution in [0.3, 0.4) is 0 Å². The second-order valence-electron chi connectivity index (χ2n) is 9.21. The van der Waals surface area contributed by atoms with E-state index < -0.39 is 5.60 Å². The highest BCUT2D eigenvalue weighted by atomic mass is 16.6. The third-order valence-corrected chi connectivity index (χ3v) is 5.31. The van der Waals surface area contributed by atoms with Crippen molar-refractivity contribution in [2.45, 2.75) is 64.9 Å². The molecule has 0 saturated heterocycles. The van der Waals surface area contributed by atoms with Crippen molar-refractivity contribution in [1.29, 1.82) is 0 Å². The fourth-order valence-corrected chi connectivity index (χ4v) is 3.64. The predicted molar refractivity (Wildman–Crippen MR) is 130 cm³/mol. The molecule has 1 amide bonds. The summed E-state index contributed by atoms with van der Waals surface area (Å²) in [4.78, 5) is 14.8. The molecule has 168 valence electrons. The van der Waals surface area contributed by atoms with Crippen LogP contribution in [0, 0.1) is 19.3 Å². The van der Waals surface area contributed by atoms with E-state index >= 15 is 0 Å². The largest absolute Gasteiger partial charge is 0.444 e. The average Bonchev–Trinajstić information content (AvgIpc) is 2.75. The maximum absolute atomic E-state index is 12.9. The number of aryl methyl sites for hydroxylation is 2. The summed E-state index contributed by atoms with van der Waals surface area (Å²) in [5.41, 5.74) is 2.21. The Balaban J connectivity index is 2.07. The van der Waals surface area contributed by atoms with E-state index in [-0.39, 0.29) is 6.09 Å². The van der Waals surface area contributed by atoms with Gasteiger partial charge in [-0.1, -0.05) is 74.0 Å². The van der Waals surface area contributed by atoms with Crippen LogP contribution in [0.2, 0.25) is 0 Å². The summed E-state index contributed by atoms with van der Waals surface area (Å²) in [6, 6.07) is 21.2. The van der Waals surface area contributed by atoms with Crippen LogP contribution in [-0.2, 0) is 17.6 Å². The number of carbonyl (C=O) groups is 1. The zero-order chi connectivity index (χ0) is 22.5. The summed E-state index contributed by atoms with van der Waals surface area (Å²) in [6.45, 7) is 11.1. The number of hydrogen-bond acceptors (Lipinski definition) is 2. The molecule has 0 heterocycles. The summed E-state index contributed by atoms with van der Waals surface area (Å²) in [6.07, 6.45) is 7.67. The van der Waals surface area contributed by atoms with E-state index in [0.717, 1.165) is 45.1 Å². The Hall–Kier alpha value is -2.29. The first-order valence-corrected chi connectivity index (χ1v) is 11.5. The molecule has 0 aliphatic carbocycles. The summed E-state index contributed by atoms with van der Waals surface area (Å²) in [7, 11) is 0. The average molecular weight is 422 g/mol. The lowest BCUT2D eigenvalue weighted by atomic mass is 9.92. The van der Waals surface area contributed by atoms with Gasteiger partial charge in [0.05, 0.1) is 0 Å². The van der Waals surface area contributed by atoms with Crippen molar-refractivity contribution in [1.82, 2.24) is 4.90 Å². The number of hydrogen-bond donors (Lipinski definition) is 0. The highest BCUT2D eigenvalue weighted by Crippen LogP contribution is 2.20. The normalized spacial score (nSPS) is 11.5. The number of rotatable bonds is 12. The fraction of sp³-hybridized carbons (Fsp3) is 0.464. The monoisotopic (exact) mass is 421 g/mol. The minimum absolute atomic E-state index is 0.214. The fourth-order valence-electron chi connectivity index (χ4n) is 3.64. The third-order valence-electron chi connectivity index (χ3n) is 5.31. The molecule has 3 heteroatoms. The van der Waals surface area contributed by atoms with E-state index in [1.807, 2.05) is 25.7 Å². The van der Waals surface area contributed by atoms with Crippen LogP contribution in [0.4, 0.5) is 4.79 Å². The van der Waals surface area contributed by atoms with Crippen LogP contribution >= 0.6 is 0 Å². The van der Waals surface area contributed by atoms with Crippen LogP contribution in [0.5, 0.6) is 0 Å². The van der Waals surface area contributed by atoms with Gasteiger partial charge in [-0.05, 0) is 76.3 Å². The van der Waals surface area contributed by atoms with Gasteiger partial charge in [0.25, 0.3) is 0 Å². The van der Waals surface area contributed by atoms with Gasteiger partial charge in [-0.15, -0.1) is 0 Å². The predicted octanol–water partition coefficient (Wildman–Crippen LogP) is 6.92. The summed E-state index contributed by atoms with van der Waals surface area (Å²) >= 11 is 0. The van der Waals surface area contributed by atoms with Gasteiger partial charge in [-0.2, -0.15) is 0 Å². The molecule has 0 atom stereocenters. The van der Waals surface area contributed by atoms with Gasteiger partial charge in [0.15, 0.2) is 0 Å². The molecule has 2 aromatic carbocycles. The maximum atomic E-state index is 12.9. The topological polar surface area (TPSA) is 29.5 Å². The number of ether oxygens (including phenoxy) is 1. The van der Waals surface area contributed by atoms with Gasteiger partial charge >= 0.3 is 6.09 Å². The molecule has 0 aliphatic rings. The van der Waals surface area contributed by atoms with E-state index in [2.05, 4.69) is 74.0 Å². The SMILES string of the molecule is [CH2]C[CH]CCN(CC(CCc1ccccc1)CCc1ccccc1)C(=O)OC(C)(C)C. The van der Waals surface area contributed by atoms with E-state index in [9.17, 15) is 4.79 Å². The Bertz CT molecular complexity index is 693. The number of nitrogens with zero attached hydrogens (tertiary/aromatic N) is 1. The molecule has 3 nitrogen and oxygen atoms in total.